The molecule has 20 heavy (non-hydrogen) atoms. The van der Waals surface area contributed by atoms with E-state index >= 15 is 0 Å². The van der Waals surface area contributed by atoms with Gasteiger partial charge in [-0.2, -0.15) is 16.1 Å². The summed E-state index contributed by atoms with van der Waals surface area (Å²) in [7, 11) is -3.42. The number of sulfonamides is 1. The van der Waals surface area contributed by atoms with Gasteiger partial charge in [0.1, 0.15) is 5.75 Å². The number of nitrogens with zero attached hydrogens (tertiary/aromatic N) is 1. The lowest BCUT2D eigenvalue weighted by molar-refractivity contribution is 0.337. The molecule has 0 spiro atoms. The van der Waals surface area contributed by atoms with Gasteiger partial charge in [-0.15, -0.1) is 11.6 Å². The first-order valence-electron chi connectivity index (χ1n) is 6.49. The van der Waals surface area contributed by atoms with E-state index < -0.39 is 10.0 Å². The van der Waals surface area contributed by atoms with Crippen molar-refractivity contribution in [2.24, 2.45) is 0 Å². The maximum absolute atomic E-state index is 12.6. The Morgan fingerprint density at radius 2 is 2.05 bits per heavy atom. The second-order valence-corrected chi connectivity index (χ2v) is 7.78. The Labute approximate surface area is 129 Å². The van der Waals surface area contributed by atoms with E-state index in [-0.39, 0.29) is 5.88 Å². The topological polar surface area (TPSA) is 46.6 Å². The van der Waals surface area contributed by atoms with Crippen LogP contribution in [0.15, 0.2) is 23.1 Å². The first-order chi connectivity index (χ1) is 9.59. The highest BCUT2D eigenvalue weighted by atomic mass is 35.5. The van der Waals surface area contributed by atoms with Gasteiger partial charge in [-0.05, 0) is 25.1 Å². The fourth-order valence-corrected chi connectivity index (χ4v) is 4.89. The molecule has 1 aromatic rings. The Bertz CT molecular complexity index is 557. The van der Waals surface area contributed by atoms with Crippen LogP contribution in [0.3, 0.4) is 0 Å². The molecule has 1 heterocycles. The lowest BCUT2D eigenvalue weighted by atomic mass is 10.2. The van der Waals surface area contributed by atoms with Crippen LogP contribution in [0.4, 0.5) is 0 Å². The zero-order valence-electron chi connectivity index (χ0n) is 11.3. The van der Waals surface area contributed by atoms with E-state index in [9.17, 15) is 8.42 Å². The van der Waals surface area contributed by atoms with Crippen LogP contribution in [0.25, 0.3) is 0 Å². The van der Waals surface area contributed by atoms with Crippen molar-refractivity contribution in [1.29, 1.82) is 0 Å². The van der Waals surface area contributed by atoms with E-state index in [1.807, 2.05) is 6.92 Å². The Hall–Kier alpha value is -0.430. The highest BCUT2D eigenvalue weighted by Gasteiger charge is 2.26. The van der Waals surface area contributed by atoms with Crippen LogP contribution in [-0.2, 0) is 15.9 Å². The second kappa shape index (κ2) is 7.02. The van der Waals surface area contributed by atoms with Crippen molar-refractivity contribution >= 4 is 33.4 Å². The molecule has 1 aliphatic heterocycles. The molecule has 0 bridgehead atoms. The molecule has 7 heteroatoms. The molecule has 112 valence electrons. The van der Waals surface area contributed by atoms with Crippen molar-refractivity contribution in [3.63, 3.8) is 0 Å². The first-order valence-corrected chi connectivity index (χ1v) is 9.62. The summed E-state index contributed by atoms with van der Waals surface area (Å²) in [6.07, 6.45) is 0. The fraction of sp³-hybridized carbons (Fsp3) is 0.538. The Kier molecular flexibility index (Phi) is 5.60. The van der Waals surface area contributed by atoms with Gasteiger partial charge in [-0.3, -0.25) is 0 Å². The number of alkyl halides is 1. The quantitative estimate of drug-likeness (QED) is 0.776. The van der Waals surface area contributed by atoms with Crippen LogP contribution in [0.5, 0.6) is 5.75 Å². The van der Waals surface area contributed by atoms with Gasteiger partial charge >= 0.3 is 0 Å². The molecule has 0 radical (unpaired) electrons. The summed E-state index contributed by atoms with van der Waals surface area (Å²) in [6, 6.07) is 4.90. The smallest absolute Gasteiger partial charge is 0.243 e. The predicted molar refractivity (Wildman–Crippen MR) is 83.3 cm³/mol. The van der Waals surface area contributed by atoms with Crippen LogP contribution >= 0.6 is 23.4 Å². The standard InChI is InChI=1S/C13H18ClNO3S2/c1-2-18-13-4-3-12(9-11(13)10-14)20(16,17)15-5-7-19-8-6-15/h3-4,9H,2,5-8,10H2,1H3. The van der Waals surface area contributed by atoms with Crippen LogP contribution in [0.1, 0.15) is 12.5 Å². The van der Waals surface area contributed by atoms with Crippen molar-refractivity contribution < 1.29 is 13.2 Å². The van der Waals surface area contributed by atoms with Crippen molar-refractivity contribution in [2.75, 3.05) is 31.2 Å². The molecule has 0 saturated carbocycles. The van der Waals surface area contributed by atoms with Gasteiger partial charge in [0.2, 0.25) is 10.0 Å². The minimum absolute atomic E-state index is 0.231. The van der Waals surface area contributed by atoms with E-state index in [0.717, 1.165) is 11.5 Å². The molecule has 1 aromatic carbocycles. The number of halogens is 1. The van der Waals surface area contributed by atoms with Crippen molar-refractivity contribution in [3.05, 3.63) is 23.8 Å². The summed E-state index contributed by atoms with van der Waals surface area (Å²) in [5.41, 5.74) is 0.709. The third kappa shape index (κ3) is 3.42. The van der Waals surface area contributed by atoms with Crippen molar-refractivity contribution in [2.45, 2.75) is 17.7 Å². The Balaban J connectivity index is 2.31. The van der Waals surface area contributed by atoms with Gasteiger partial charge in [0.25, 0.3) is 0 Å². The van der Waals surface area contributed by atoms with Gasteiger partial charge in [-0.25, -0.2) is 8.42 Å². The van der Waals surface area contributed by atoms with Crippen molar-refractivity contribution in [1.82, 2.24) is 4.31 Å². The molecule has 1 saturated heterocycles. The summed E-state index contributed by atoms with van der Waals surface area (Å²) >= 11 is 7.66. The molecule has 2 rings (SSSR count). The number of thioether (sulfide) groups is 1. The molecule has 0 aliphatic carbocycles. The Morgan fingerprint density at radius 3 is 2.65 bits per heavy atom. The fourth-order valence-electron chi connectivity index (χ4n) is 2.05. The SMILES string of the molecule is CCOc1ccc(S(=O)(=O)N2CCSCC2)cc1CCl. The number of hydrogen-bond acceptors (Lipinski definition) is 4. The number of hydrogen-bond donors (Lipinski definition) is 0. The minimum atomic E-state index is -3.42. The molecule has 0 aromatic heterocycles. The third-order valence-corrected chi connectivity index (χ3v) is 6.21. The molecule has 0 unspecified atom stereocenters. The molecule has 1 aliphatic rings. The van der Waals surface area contributed by atoms with Gasteiger partial charge in [0.15, 0.2) is 0 Å². The summed E-state index contributed by atoms with van der Waals surface area (Å²) in [5.74, 6) is 2.57. The normalized spacial score (nSPS) is 17.1. The average Bonchev–Trinajstić information content (AvgIpc) is 2.48. The van der Waals surface area contributed by atoms with Crippen molar-refractivity contribution in [3.8, 4) is 5.75 Å². The predicted octanol–water partition coefficient (Wildman–Crippen LogP) is 2.56. The maximum atomic E-state index is 12.6. The molecule has 0 amide bonds. The third-order valence-electron chi connectivity index (χ3n) is 3.08. The molecule has 0 N–H and O–H groups in total. The van der Waals surface area contributed by atoms with E-state index in [1.54, 1.807) is 30.0 Å². The second-order valence-electron chi connectivity index (χ2n) is 4.35. The molecule has 0 atom stereocenters. The number of rotatable bonds is 5. The number of benzene rings is 1. The average molecular weight is 336 g/mol. The van der Waals surface area contributed by atoms with E-state index in [0.29, 0.717) is 35.9 Å². The molecular formula is C13H18ClNO3S2. The molecule has 1 fully saturated rings. The van der Waals surface area contributed by atoms with Crippen LogP contribution in [0.2, 0.25) is 0 Å². The monoisotopic (exact) mass is 335 g/mol. The zero-order valence-corrected chi connectivity index (χ0v) is 13.7. The number of ether oxygens (including phenoxy) is 1. The van der Waals surface area contributed by atoms with Gasteiger partial charge < -0.3 is 4.74 Å². The van der Waals surface area contributed by atoms with E-state index in [2.05, 4.69) is 0 Å². The van der Waals surface area contributed by atoms with Crippen LogP contribution in [-0.4, -0.2) is 43.9 Å². The highest BCUT2D eigenvalue weighted by Crippen LogP contribution is 2.27. The lowest BCUT2D eigenvalue weighted by Crippen LogP contribution is -2.37. The van der Waals surface area contributed by atoms with Gasteiger partial charge in [-0.1, -0.05) is 0 Å². The molecule has 4 nitrogen and oxygen atoms in total. The van der Waals surface area contributed by atoms with E-state index in [1.165, 1.54) is 4.31 Å². The zero-order chi connectivity index (χ0) is 14.6. The summed E-state index contributed by atoms with van der Waals surface area (Å²) in [6.45, 7) is 3.54. The minimum Gasteiger partial charge on any atom is -0.494 e. The van der Waals surface area contributed by atoms with E-state index in [4.69, 9.17) is 16.3 Å². The highest BCUT2D eigenvalue weighted by molar-refractivity contribution is 7.99. The Morgan fingerprint density at radius 1 is 1.35 bits per heavy atom. The van der Waals surface area contributed by atoms with Crippen LogP contribution < -0.4 is 4.74 Å². The van der Waals surface area contributed by atoms with Crippen LogP contribution in [0, 0.1) is 0 Å². The first kappa shape index (κ1) is 15.9. The molecular weight excluding hydrogens is 318 g/mol. The maximum Gasteiger partial charge on any atom is 0.243 e. The summed E-state index contributed by atoms with van der Waals surface area (Å²) < 4.78 is 32.1. The summed E-state index contributed by atoms with van der Waals surface area (Å²) in [5, 5.41) is 0. The van der Waals surface area contributed by atoms with Gasteiger partial charge in [0.05, 0.1) is 17.4 Å². The lowest BCUT2D eigenvalue weighted by Gasteiger charge is -2.26. The van der Waals surface area contributed by atoms with Gasteiger partial charge in [0, 0.05) is 30.2 Å². The summed E-state index contributed by atoms with van der Waals surface area (Å²) in [4.78, 5) is 0.295. The largest absolute Gasteiger partial charge is 0.494 e.